The van der Waals surface area contributed by atoms with Crippen LogP contribution in [0.4, 0.5) is 0 Å². The third-order valence-corrected chi connectivity index (χ3v) is 13.1. The average molecular weight is 652 g/mol. The highest BCUT2D eigenvalue weighted by molar-refractivity contribution is 5.70. The highest BCUT2D eigenvalue weighted by Gasteiger charge is 2.50. The second-order valence-electron chi connectivity index (χ2n) is 15.9. The molecule has 2 heterocycles. The maximum atomic E-state index is 7.07. The van der Waals surface area contributed by atoms with E-state index < -0.39 is 0 Å². The molecule has 0 amide bonds. The van der Waals surface area contributed by atoms with Crippen molar-refractivity contribution in [1.29, 1.82) is 0 Å². The molecule has 2 aliphatic heterocycles. The van der Waals surface area contributed by atoms with E-state index in [2.05, 4.69) is 125 Å². The molecule has 4 aromatic carbocycles. The van der Waals surface area contributed by atoms with E-state index >= 15 is 0 Å². The average Bonchev–Trinajstić information content (AvgIpc) is 3.56. The molecule has 3 N–H and O–H groups in total. The van der Waals surface area contributed by atoms with Gasteiger partial charge in [-0.2, -0.15) is 0 Å². The van der Waals surface area contributed by atoms with Crippen molar-refractivity contribution < 1.29 is 4.74 Å². The summed E-state index contributed by atoms with van der Waals surface area (Å²) in [7, 11) is 0. The molecule has 4 nitrogen and oxygen atoms in total. The summed E-state index contributed by atoms with van der Waals surface area (Å²) in [6, 6.07) is 40.1. The van der Waals surface area contributed by atoms with Gasteiger partial charge in [-0.1, -0.05) is 128 Å². The number of fused-ring (bicyclic) bond motifs is 3. The minimum absolute atomic E-state index is 0.199. The molecule has 0 aromatic heterocycles. The first kappa shape index (κ1) is 31.7. The monoisotopic (exact) mass is 651 g/mol. The minimum atomic E-state index is 0.199. The fourth-order valence-electron chi connectivity index (χ4n) is 10.4. The van der Waals surface area contributed by atoms with Gasteiger partial charge in [0.25, 0.3) is 0 Å². The fraction of sp³-hybridized carbons (Fsp3) is 0.467. The van der Waals surface area contributed by atoms with Gasteiger partial charge in [0.15, 0.2) is 0 Å². The summed E-state index contributed by atoms with van der Waals surface area (Å²) in [6.45, 7) is 0. The van der Waals surface area contributed by atoms with Crippen LogP contribution >= 0.6 is 0 Å². The standard InChI is InChI=1S/C45H53N3O/c1-4-10-30(11-5-1)31-16-18-32(19-17-31)33-20-22-34(23-21-33)37-24-26-39-40-27-25-38(29-42(40)49-41(39)28-37)45-47-43(35-12-6-2-7-13-35)46-44(48-45)36-14-8-3-9-15-36/h1-2,4-7,10-13,16-23,36-48H,3,8-9,14-15,24-29H2. The molecule has 9 atom stereocenters. The number of nitrogens with one attached hydrogen (secondary N) is 3. The Morgan fingerprint density at radius 2 is 0.980 bits per heavy atom. The lowest BCUT2D eigenvalue weighted by atomic mass is 9.68. The molecule has 3 saturated carbocycles. The third kappa shape index (κ3) is 6.66. The number of benzene rings is 4. The largest absolute Gasteiger partial charge is 0.374 e. The maximum Gasteiger partial charge on any atom is 0.0859 e. The van der Waals surface area contributed by atoms with Gasteiger partial charge < -0.3 is 4.74 Å². The Morgan fingerprint density at radius 1 is 0.429 bits per heavy atom. The van der Waals surface area contributed by atoms with Gasteiger partial charge in [-0.3, -0.25) is 16.0 Å². The van der Waals surface area contributed by atoms with E-state index in [4.69, 9.17) is 4.74 Å². The molecule has 5 fully saturated rings. The van der Waals surface area contributed by atoms with E-state index in [0.29, 0.717) is 36.4 Å². The van der Waals surface area contributed by atoms with Crippen LogP contribution in [-0.2, 0) is 4.74 Å². The molecule has 0 radical (unpaired) electrons. The Hall–Kier alpha value is -3.28. The molecule has 9 rings (SSSR count). The van der Waals surface area contributed by atoms with Crippen molar-refractivity contribution in [2.24, 2.45) is 23.7 Å². The van der Waals surface area contributed by atoms with Crippen molar-refractivity contribution in [2.75, 3.05) is 0 Å². The summed E-state index contributed by atoms with van der Waals surface area (Å²) in [5.41, 5.74) is 7.96. The first-order valence-electron chi connectivity index (χ1n) is 19.5. The SMILES string of the molecule is c1ccc(-c2ccc(-c3ccc(C4CCC5C(C4)OC4CC(C6NC(c7ccccc7)NC(C7CCCCC7)N6)CCC45)cc3)cc2)cc1. The Kier molecular flexibility index (Phi) is 9.15. The minimum Gasteiger partial charge on any atom is -0.374 e. The zero-order chi connectivity index (χ0) is 32.6. The maximum absolute atomic E-state index is 7.07. The van der Waals surface area contributed by atoms with Crippen molar-refractivity contribution in [1.82, 2.24) is 16.0 Å². The first-order valence-corrected chi connectivity index (χ1v) is 19.5. The lowest BCUT2D eigenvalue weighted by molar-refractivity contribution is -0.0191. The van der Waals surface area contributed by atoms with E-state index in [-0.39, 0.29) is 6.17 Å². The van der Waals surface area contributed by atoms with Gasteiger partial charge in [-0.15, -0.1) is 0 Å². The van der Waals surface area contributed by atoms with Gasteiger partial charge in [-0.05, 0) is 114 Å². The second kappa shape index (κ2) is 14.2. The van der Waals surface area contributed by atoms with E-state index in [0.717, 1.165) is 17.8 Å². The predicted octanol–water partition coefficient (Wildman–Crippen LogP) is 9.80. The molecule has 4 aromatic rings. The van der Waals surface area contributed by atoms with Gasteiger partial charge in [0.1, 0.15) is 0 Å². The smallest absolute Gasteiger partial charge is 0.0859 e. The summed E-state index contributed by atoms with van der Waals surface area (Å²) < 4.78 is 7.07. The Balaban J connectivity index is 0.841. The van der Waals surface area contributed by atoms with Crippen LogP contribution in [0, 0.1) is 23.7 Å². The molecule has 3 aliphatic carbocycles. The van der Waals surface area contributed by atoms with E-state index in [9.17, 15) is 0 Å². The summed E-state index contributed by atoms with van der Waals surface area (Å²) >= 11 is 0. The molecular weight excluding hydrogens is 599 g/mol. The summed E-state index contributed by atoms with van der Waals surface area (Å²) in [5, 5.41) is 12.1. The molecule has 2 saturated heterocycles. The second-order valence-corrected chi connectivity index (χ2v) is 15.9. The number of ether oxygens (including phenoxy) is 1. The normalized spacial score (nSPS) is 33.4. The summed E-state index contributed by atoms with van der Waals surface area (Å²) in [6.07, 6.45) is 16.1. The van der Waals surface area contributed by atoms with Crippen molar-refractivity contribution in [3.05, 3.63) is 120 Å². The van der Waals surface area contributed by atoms with Crippen LogP contribution in [0.3, 0.4) is 0 Å². The number of hydrogen-bond donors (Lipinski definition) is 3. The van der Waals surface area contributed by atoms with Gasteiger partial charge >= 0.3 is 0 Å². The lowest BCUT2D eigenvalue weighted by Crippen LogP contribution is -2.67. The zero-order valence-electron chi connectivity index (χ0n) is 28.9. The summed E-state index contributed by atoms with van der Waals surface area (Å²) in [4.78, 5) is 0. The van der Waals surface area contributed by atoms with Crippen molar-refractivity contribution in [3.8, 4) is 22.3 Å². The zero-order valence-corrected chi connectivity index (χ0v) is 28.9. The Bertz CT molecular complexity index is 1650. The first-order chi connectivity index (χ1) is 24.2. The molecule has 254 valence electrons. The van der Waals surface area contributed by atoms with Crippen LogP contribution in [0.2, 0.25) is 0 Å². The summed E-state index contributed by atoms with van der Waals surface area (Å²) in [5.74, 6) is 3.40. The van der Waals surface area contributed by atoms with Crippen molar-refractivity contribution >= 4 is 0 Å². The van der Waals surface area contributed by atoms with Gasteiger partial charge in [0.05, 0.1) is 30.7 Å². The van der Waals surface area contributed by atoms with Crippen LogP contribution < -0.4 is 16.0 Å². The fourth-order valence-corrected chi connectivity index (χ4v) is 10.4. The Labute approximate surface area is 293 Å². The van der Waals surface area contributed by atoms with E-state index in [1.807, 2.05) is 0 Å². The highest BCUT2D eigenvalue weighted by atomic mass is 16.5. The van der Waals surface area contributed by atoms with Crippen LogP contribution in [0.1, 0.15) is 93.8 Å². The van der Waals surface area contributed by atoms with Crippen LogP contribution in [0.5, 0.6) is 0 Å². The van der Waals surface area contributed by atoms with Crippen molar-refractivity contribution in [2.45, 2.75) is 107 Å². The molecule has 9 unspecified atom stereocenters. The molecule has 0 spiro atoms. The third-order valence-electron chi connectivity index (χ3n) is 13.1. The highest BCUT2D eigenvalue weighted by Crippen LogP contribution is 2.52. The van der Waals surface area contributed by atoms with Crippen LogP contribution in [0.15, 0.2) is 109 Å². The predicted molar refractivity (Wildman–Crippen MR) is 200 cm³/mol. The van der Waals surface area contributed by atoms with E-state index in [1.165, 1.54) is 104 Å². The van der Waals surface area contributed by atoms with E-state index in [1.54, 1.807) is 0 Å². The molecule has 4 heteroatoms. The van der Waals surface area contributed by atoms with Gasteiger partial charge in [0, 0.05) is 0 Å². The topological polar surface area (TPSA) is 45.3 Å². The number of rotatable bonds is 6. The molecule has 0 bridgehead atoms. The van der Waals surface area contributed by atoms with Crippen LogP contribution in [-0.4, -0.2) is 24.5 Å². The van der Waals surface area contributed by atoms with Gasteiger partial charge in [0.2, 0.25) is 0 Å². The Morgan fingerprint density at radius 3 is 1.65 bits per heavy atom. The molecule has 5 aliphatic rings. The molecular formula is C45H53N3O. The van der Waals surface area contributed by atoms with Gasteiger partial charge in [-0.25, -0.2) is 0 Å². The van der Waals surface area contributed by atoms with Crippen LogP contribution in [0.25, 0.3) is 22.3 Å². The number of hydrogen-bond acceptors (Lipinski definition) is 4. The molecule has 49 heavy (non-hydrogen) atoms. The lowest BCUT2D eigenvalue weighted by Gasteiger charge is -2.47. The van der Waals surface area contributed by atoms with Crippen molar-refractivity contribution in [3.63, 3.8) is 0 Å². The quantitative estimate of drug-likeness (QED) is 0.194.